The first-order valence-corrected chi connectivity index (χ1v) is 6.23. The zero-order valence-corrected chi connectivity index (χ0v) is 10.6. The summed E-state index contributed by atoms with van der Waals surface area (Å²) in [6.07, 6.45) is 1.35. The van der Waals surface area contributed by atoms with Gasteiger partial charge in [0.15, 0.2) is 0 Å². The van der Waals surface area contributed by atoms with Crippen LogP contribution in [-0.2, 0) is 4.79 Å². The number of nitrogens with zero attached hydrogens (tertiary/aromatic N) is 3. The largest absolute Gasteiger partial charge is 0.481 e. The number of carboxylic acids is 1. The lowest BCUT2D eigenvalue weighted by Crippen LogP contribution is -2.47. The maximum Gasteiger partial charge on any atom is 0.320 e. The zero-order valence-electron chi connectivity index (χ0n) is 10.6. The Morgan fingerprint density at radius 3 is 2.50 bits per heavy atom. The molecule has 0 aliphatic carbocycles. The van der Waals surface area contributed by atoms with Crippen molar-refractivity contribution in [1.82, 2.24) is 9.80 Å². The summed E-state index contributed by atoms with van der Waals surface area (Å²) in [6, 6.07) is 1.94. The maximum atomic E-state index is 12.1. The first-order valence-electron chi connectivity index (χ1n) is 6.23. The molecule has 1 rings (SSSR count). The van der Waals surface area contributed by atoms with Crippen LogP contribution in [-0.4, -0.2) is 53.1 Å². The lowest BCUT2D eigenvalue weighted by atomic mass is 9.97. The molecule has 1 aliphatic rings. The lowest BCUT2D eigenvalue weighted by Gasteiger charge is -2.34. The van der Waals surface area contributed by atoms with Crippen LogP contribution in [0.1, 0.15) is 26.2 Å². The second kappa shape index (κ2) is 6.84. The van der Waals surface area contributed by atoms with E-state index in [0.29, 0.717) is 45.4 Å². The van der Waals surface area contributed by atoms with Gasteiger partial charge in [-0.2, -0.15) is 5.26 Å². The summed E-state index contributed by atoms with van der Waals surface area (Å²) in [5, 5.41) is 17.4. The molecule has 1 aliphatic heterocycles. The number of urea groups is 1. The number of carboxylic acid groups (broad SMARTS) is 1. The molecule has 0 bridgehead atoms. The number of rotatable bonds is 4. The van der Waals surface area contributed by atoms with Crippen molar-refractivity contribution in [3.05, 3.63) is 0 Å². The fraction of sp³-hybridized carbons (Fsp3) is 0.750. The van der Waals surface area contributed by atoms with Crippen LogP contribution in [0.5, 0.6) is 0 Å². The first kappa shape index (κ1) is 14.3. The van der Waals surface area contributed by atoms with Gasteiger partial charge in [-0.3, -0.25) is 4.79 Å². The van der Waals surface area contributed by atoms with E-state index in [9.17, 15) is 9.59 Å². The van der Waals surface area contributed by atoms with Gasteiger partial charge in [-0.15, -0.1) is 0 Å². The third-order valence-corrected chi connectivity index (χ3v) is 3.26. The predicted molar refractivity (Wildman–Crippen MR) is 64.8 cm³/mol. The van der Waals surface area contributed by atoms with Crippen LogP contribution in [0, 0.1) is 17.2 Å². The molecule has 0 aromatic heterocycles. The molecule has 0 aromatic carbocycles. The van der Waals surface area contributed by atoms with Crippen LogP contribution in [0.4, 0.5) is 4.79 Å². The van der Waals surface area contributed by atoms with E-state index in [1.54, 1.807) is 9.80 Å². The average Bonchev–Trinajstić information content (AvgIpc) is 2.39. The van der Waals surface area contributed by atoms with Crippen LogP contribution < -0.4 is 0 Å². The summed E-state index contributed by atoms with van der Waals surface area (Å²) in [7, 11) is 0. The minimum absolute atomic E-state index is 0.0865. The van der Waals surface area contributed by atoms with Crippen LogP contribution in [0.3, 0.4) is 0 Å². The highest BCUT2D eigenvalue weighted by Gasteiger charge is 2.28. The normalized spacial score (nSPS) is 16.1. The molecule has 0 spiro atoms. The fourth-order valence-corrected chi connectivity index (χ4v) is 2.09. The molecule has 1 heterocycles. The summed E-state index contributed by atoms with van der Waals surface area (Å²) < 4.78 is 0. The van der Waals surface area contributed by atoms with Crippen LogP contribution in [0.15, 0.2) is 0 Å². The number of piperidine rings is 1. The average molecular weight is 253 g/mol. The van der Waals surface area contributed by atoms with Crippen LogP contribution in [0.25, 0.3) is 0 Å². The second-order valence-corrected chi connectivity index (χ2v) is 4.37. The van der Waals surface area contributed by atoms with Crippen molar-refractivity contribution in [3.63, 3.8) is 0 Å². The molecule has 1 N–H and O–H groups in total. The highest BCUT2D eigenvalue weighted by molar-refractivity contribution is 5.75. The number of aliphatic carboxylic acids is 1. The highest BCUT2D eigenvalue weighted by Crippen LogP contribution is 2.18. The Labute approximate surface area is 107 Å². The molecule has 2 amide bonds. The van der Waals surface area contributed by atoms with Gasteiger partial charge in [-0.25, -0.2) is 4.79 Å². The van der Waals surface area contributed by atoms with Gasteiger partial charge < -0.3 is 14.9 Å². The Kier molecular flexibility index (Phi) is 5.43. The van der Waals surface area contributed by atoms with E-state index in [0.717, 1.165) is 0 Å². The van der Waals surface area contributed by atoms with Gasteiger partial charge in [0, 0.05) is 26.2 Å². The molecule has 6 heteroatoms. The molecule has 100 valence electrons. The van der Waals surface area contributed by atoms with Crippen molar-refractivity contribution >= 4 is 12.0 Å². The summed E-state index contributed by atoms with van der Waals surface area (Å²) >= 11 is 0. The van der Waals surface area contributed by atoms with E-state index >= 15 is 0 Å². The predicted octanol–water partition coefficient (Wildman–Crippen LogP) is 1.14. The molecule has 0 radical (unpaired) electrons. The Hall–Kier alpha value is -1.77. The van der Waals surface area contributed by atoms with Crippen molar-refractivity contribution < 1.29 is 14.7 Å². The number of nitriles is 1. The Morgan fingerprint density at radius 1 is 1.44 bits per heavy atom. The van der Waals surface area contributed by atoms with Gasteiger partial charge in [0.25, 0.3) is 0 Å². The molecule has 1 saturated heterocycles. The number of carbonyl (C=O) groups excluding carboxylic acids is 1. The monoisotopic (exact) mass is 253 g/mol. The molecular weight excluding hydrogens is 234 g/mol. The van der Waals surface area contributed by atoms with Gasteiger partial charge >= 0.3 is 12.0 Å². The molecule has 6 nitrogen and oxygen atoms in total. The first-order chi connectivity index (χ1) is 8.60. The number of hydrogen-bond acceptors (Lipinski definition) is 3. The van der Waals surface area contributed by atoms with E-state index in [1.807, 2.05) is 13.0 Å². The summed E-state index contributed by atoms with van der Waals surface area (Å²) in [4.78, 5) is 26.2. The van der Waals surface area contributed by atoms with Crippen LogP contribution in [0.2, 0.25) is 0 Å². The Balaban J connectivity index is 2.48. The number of amides is 2. The standard InChI is InChI=1S/C12H19N3O3/c1-2-14(7-3-6-13)12(18)15-8-4-10(5-9-15)11(16)17/h10H,2-5,7-9H2,1H3,(H,16,17). The smallest absolute Gasteiger partial charge is 0.320 e. The van der Waals surface area contributed by atoms with Crippen LogP contribution >= 0.6 is 0 Å². The molecule has 0 saturated carbocycles. The quantitative estimate of drug-likeness (QED) is 0.814. The van der Waals surface area contributed by atoms with E-state index in [-0.39, 0.29) is 11.9 Å². The number of likely N-dealkylation sites (tertiary alicyclic amines) is 1. The van der Waals surface area contributed by atoms with Crippen molar-refractivity contribution in [3.8, 4) is 6.07 Å². The van der Waals surface area contributed by atoms with Crippen molar-refractivity contribution in [2.75, 3.05) is 26.2 Å². The summed E-state index contributed by atoms with van der Waals surface area (Å²) in [5.41, 5.74) is 0. The highest BCUT2D eigenvalue weighted by atomic mass is 16.4. The minimum Gasteiger partial charge on any atom is -0.481 e. The Bertz CT molecular complexity index is 343. The fourth-order valence-electron chi connectivity index (χ4n) is 2.09. The van der Waals surface area contributed by atoms with E-state index in [2.05, 4.69) is 0 Å². The third-order valence-electron chi connectivity index (χ3n) is 3.26. The topological polar surface area (TPSA) is 84.6 Å². The van der Waals surface area contributed by atoms with Gasteiger partial charge in [0.2, 0.25) is 0 Å². The number of carbonyl (C=O) groups is 2. The lowest BCUT2D eigenvalue weighted by molar-refractivity contribution is -0.143. The SMILES string of the molecule is CCN(CCC#N)C(=O)N1CCC(C(=O)O)CC1. The maximum absolute atomic E-state index is 12.1. The minimum atomic E-state index is -0.779. The van der Waals surface area contributed by atoms with Crippen molar-refractivity contribution in [2.24, 2.45) is 5.92 Å². The zero-order chi connectivity index (χ0) is 13.5. The molecule has 0 unspecified atom stereocenters. The van der Waals surface area contributed by atoms with E-state index in [4.69, 9.17) is 10.4 Å². The van der Waals surface area contributed by atoms with Gasteiger partial charge in [0.05, 0.1) is 18.4 Å². The number of hydrogen-bond donors (Lipinski definition) is 1. The second-order valence-electron chi connectivity index (χ2n) is 4.37. The molecule has 1 fully saturated rings. The van der Waals surface area contributed by atoms with Crippen molar-refractivity contribution in [2.45, 2.75) is 26.2 Å². The molecule has 18 heavy (non-hydrogen) atoms. The molecular formula is C12H19N3O3. The van der Waals surface area contributed by atoms with Gasteiger partial charge in [0.1, 0.15) is 0 Å². The van der Waals surface area contributed by atoms with E-state index < -0.39 is 5.97 Å². The van der Waals surface area contributed by atoms with Crippen molar-refractivity contribution in [1.29, 1.82) is 5.26 Å². The summed E-state index contributed by atoms with van der Waals surface area (Å²) in [6.45, 7) is 3.85. The molecule has 0 atom stereocenters. The molecule has 0 aromatic rings. The summed E-state index contributed by atoms with van der Waals surface area (Å²) in [5.74, 6) is -1.11. The Morgan fingerprint density at radius 2 is 2.06 bits per heavy atom. The van der Waals surface area contributed by atoms with E-state index in [1.165, 1.54) is 0 Å². The van der Waals surface area contributed by atoms with Gasteiger partial charge in [-0.05, 0) is 19.8 Å². The van der Waals surface area contributed by atoms with Gasteiger partial charge in [-0.1, -0.05) is 0 Å². The third kappa shape index (κ3) is 3.62.